The quantitative estimate of drug-likeness (QED) is 0.665. The molecule has 6 nitrogen and oxygen atoms in total. The summed E-state index contributed by atoms with van der Waals surface area (Å²) in [6, 6.07) is 10.7. The van der Waals surface area contributed by atoms with Crippen LogP contribution < -0.4 is 14.2 Å². The molecule has 0 saturated heterocycles. The van der Waals surface area contributed by atoms with Crippen LogP contribution in [-0.4, -0.2) is 27.6 Å². The molecule has 0 aliphatic rings. The number of aromatic nitrogens is 1. The average Bonchev–Trinajstić information content (AvgIpc) is 3.10. The second-order valence-electron chi connectivity index (χ2n) is 5.98. The van der Waals surface area contributed by atoms with Crippen LogP contribution in [0.5, 0.6) is 11.5 Å². The molecule has 0 saturated carbocycles. The Morgan fingerprint density at radius 3 is 2.52 bits per heavy atom. The van der Waals surface area contributed by atoms with E-state index in [1.807, 2.05) is 37.4 Å². The summed E-state index contributed by atoms with van der Waals surface area (Å²) in [6.07, 6.45) is 0. The summed E-state index contributed by atoms with van der Waals surface area (Å²) in [7, 11) is -0.988. The van der Waals surface area contributed by atoms with E-state index in [9.17, 15) is 8.42 Å². The smallest absolute Gasteiger partial charge is 0.267 e. The standard InChI is InChI=1S/C19H20N2O4S2/c1-12-5-6-13(2)15(9-12)16-11-26-19(20-16)21-27(22,23)18-10-14(24-3)7-8-17(18)25-4/h5-11H,1-4H3,(H,20,21). The Morgan fingerprint density at radius 1 is 1.04 bits per heavy atom. The first-order chi connectivity index (χ1) is 12.8. The minimum atomic E-state index is -3.88. The van der Waals surface area contributed by atoms with Gasteiger partial charge in [-0.05, 0) is 37.6 Å². The third-order valence-electron chi connectivity index (χ3n) is 4.06. The number of benzene rings is 2. The van der Waals surface area contributed by atoms with Gasteiger partial charge in [-0.1, -0.05) is 17.7 Å². The summed E-state index contributed by atoms with van der Waals surface area (Å²) < 4.78 is 38.5. The minimum absolute atomic E-state index is 0.00663. The van der Waals surface area contributed by atoms with Crippen LogP contribution in [0.25, 0.3) is 11.3 Å². The molecule has 0 radical (unpaired) electrons. The molecule has 0 atom stereocenters. The number of rotatable bonds is 6. The number of thiazole rings is 1. The van der Waals surface area contributed by atoms with Crippen LogP contribution in [0.15, 0.2) is 46.7 Å². The fraction of sp³-hybridized carbons (Fsp3) is 0.211. The SMILES string of the molecule is COc1ccc(OC)c(S(=O)(=O)Nc2nc(-c3cc(C)ccc3C)cs2)c1. The van der Waals surface area contributed by atoms with Gasteiger partial charge in [-0.25, -0.2) is 13.4 Å². The van der Waals surface area contributed by atoms with Gasteiger partial charge in [0.25, 0.3) is 10.0 Å². The van der Waals surface area contributed by atoms with Crippen LogP contribution in [-0.2, 0) is 10.0 Å². The highest BCUT2D eigenvalue weighted by Gasteiger charge is 2.22. The normalized spacial score (nSPS) is 11.3. The average molecular weight is 405 g/mol. The molecular weight excluding hydrogens is 384 g/mol. The van der Waals surface area contributed by atoms with Gasteiger partial charge in [0.15, 0.2) is 5.13 Å². The van der Waals surface area contributed by atoms with E-state index in [1.54, 1.807) is 12.1 Å². The molecule has 0 bridgehead atoms. The van der Waals surface area contributed by atoms with Crippen molar-refractivity contribution in [3.8, 4) is 22.8 Å². The number of hydrogen-bond donors (Lipinski definition) is 1. The van der Waals surface area contributed by atoms with E-state index in [0.29, 0.717) is 5.75 Å². The molecule has 0 unspecified atom stereocenters. The second kappa shape index (κ2) is 7.58. The fourth-order valence-electron chi connectivity index (χ4n) is 2.62. The van der Waals surface area contributed by atoms with Crippen molar-refractivity contribution in [2.45, 2.75) is 18.7 Å². The molecule has 0 spiro atoms. The highest BCUT2D eigenvalue weighted by molar-refractivity contribution is 7.93. The van der Waals surface area contributed by atoms with Crippen LogP contribution in [0.4, 0.5) is 5.13 Å². The third-order valence-corrected chi connectivity index (χ3v) is 6.30. The van der Waals surface area contributed by atoms with Crippen LogP contribution >= 0.6 is 11.3 Å². The first-order valence-electron chi connectivity index (χ1n) is 8.12. The lowest BCUT2D eigenvalue weighted by atomic mass is 10.0. The van der Waals surface area contributed by atoms with Gasteiger partial charge in [0, 0.05) is 17.0 Å². The van der Waals surface area contributed by atoms with Gasteiger partial charge in [0.1, 0.15) is 16.4 Å². The van der Waals surface area contributed by atoms with E-state index in [-0.39, 0.29) is 15.8 Å². The highest BCUT2D eigenvalue weighted by atomic mass is 32.2. The summed E-state index contributed by atoms with van der Waals surface area (Å²) in [5.41, 5.74) is 3.91. The molecule has 1 heterocycles. The summed E-state index contributed by atoms with van der Waals surface area (Å²) in [4.78, 5) is 4.44. The summed E-state index contributed by atoms with van der Waals surface area (Å²) in [5.74, 6) is 0.654. The van der Waals surface area contributed by atoms with Crippen molar-refractivity contribution in [2.24, 2.45) is 0 Å². The lowest BCUT2D eigenvalue weighted by Crippen LogP contribution is -2.14. The van der Waals surface area contributed by atoms with Crippen molar-refractivity contribution < 1.29 is 17.9 Å². The molecule has 2 aromatic carbocycles. The Kier molecular flexibility index (Phi) is 5.38. The molecule has 0 aliphatic heterocycles. The summed E-state index contributed by atoms with van der Waals surface area (Å²) in [6.45, 7) is 4.01. The molecule has 3 aromatic rings. The molecule has 27 heavy (non-hydrogen) atoms. The van der Waals surface area contributed by atoms with Crippen molar-refractivity contribution in [3.05, 3.63) is 52.9 Å². The largest absolute Gasteiger partial charge is 0.497 e. The van der Waals surface area contributed by atoms with Gasteiger partial charge >= 0.3 is 0 Å². The van der Waals surface area contributed by atoms with Crippen molar-refractivity contribution in [1.29, 1.82) is 0 Å². The number of methoxy groups -OCH3 is 2. The maximum atomic E-state index is 12.8. The number of nitrogens with zero attached hydrogens (tertiary/aromatic N) is 1. The minimum Gasteiger partial charge on any atom is -0.497 e. The zero-order valence-electron chi connectivity index (χ0n) is 15.4. The van der Waals surface area contributed by atoms with E-state index in [2.05, 4.69) is 9.71 Å². The zero-order valence-corrected chi connectivity index (χ0v) is 17.1. The molecule has 3 rings (SSSR count). The Labute approximate surface area is 162 Å². The highest BCUT2D eigenvalue weighted by Crippen LogP contribution is 2.32. The molecule has 1 aromatic heterocycles. The van der Waals surface area contributed by atoms with Crippen molar-refractivity contribution in [3.63, 3.8) is 0 Å². The lowest BCUT2D eigenvalue weighted by Gasteiger charge is -2.11. The Bertz CT molecular complexity index is 1080. The summed E-state index contributed by atoms with van der Waals surface area (Å²) >= 11 is 1.23. The summed E-state index contributed by atoms with van der Waals surface area (Å²) in [5, 5.41) is 2.12. The van der Waals surface area contributed by atoms with E-state index in [4.69, 9.17) is 9.47 Å². The maximum absolute atomic E-state index is 12.8. The van der Waals surface area contributed by atoms with Gasteiger partial charge in [0.05, 0.1) is 19.9 Å². The van der Waals surface area contributed by atoms with Gasteiger partial charge in [0.2, 0.25) is 0 Å². The van der Waals surface area contributed by atoms with Crippen LogP contribution in [0.3, 0.4) is 0 Å². The topological polar surface area (TPSA) is 77.5 Å². The molecular formula is C19H20N2O4S2. The number of hydrogen-bond acceptors (Lipinski definition) is 6. The van der Waals surface area contributed by atoms with E-state index in [1.165, 1.54) is 31.6 Å². The van der Waals surface area contributed by atoms with Crippen molar-refractivity contribution in [1.82, 2.24) is 4.98 Å². The molecule has 8 heteroatoms. The number of aryl methyl sites for hydroxylation is 2. The molecule has 1 N–H and O–H groups in total. The first kappa shape index (κ1) is 19.2. The van der Waals surface area contributed by atoms with Crippen molar-refractivity contribution in [2.75, 3.05) is 18.9 Å². The van der Waals surface area contributed by atoms with Gasteiger partial charge in [-0.2, -0.15) is 0 Å². The molecule has 0 fully saturated rings. The zero-order chi connectivity index (χ0) is 19.6. The van der Waals surface area contributed by atoms with E-state index >= 15 is 0 Å². The predicted molar refractivity (Wildman–Crippen MR) is 107 cm³/mol. The lowest BCUT2D eigenvalue weighted by molar-refractivity contribution is 0.392. The van der Waals surface area contributed by atoms with Crippen LogP contribution in [0.1, 0.15) is 11.1 Å². The Balaban J connectivity index is 1.94. The maximum Gasteiger partial charge on any atom is 0.267 e. The van der Waals surface area contributed by atoms with E-state index < -0.39 is 10.0 Å². The van der Waals surface area contributed by atoms with Gasteiger partial charge in [-0.3, -0.25) is 4.72 Å². The van der Waals surface area contributed by atoms with Crippen LogP contribution in [0.2, 0.25) is 0 Å². The number of sulfonamides is 1. The molecule has 0 amide bonds. The number of anilines is 1. The third kappa shape index (κ3) is 4.06. The van der Waals surface area contributed by atoms with E-state index in [0.717, 1.165) is 22.4 Å². The molecule has 142 valence electrons. The monoisotopic (exact) mass is 404 g/mol. The van der Waals surface area contributed by atoms with Crippen molar-refractivity contribution >= 4 is 26.5 Å². The Morgan fingerprint density at radius 2 is 1.81 bits per heavy atom. The second-order valence-corrected chi connectivity index (χ2v) is 8.49. The predicted octanol–water partition coefficient (Wildman–Crippen LogP) is 4.24. The number of ether oxygens (including phenoxy) is 2. The number of nitrogens with one attached hydrogen (secondary N) is 1. The Hall–Kier alpha value is -2.58. The van der Waals surface area contributed by atoms with Gasteiger partial charge < -0.3 is 9.47 Å². The van der Waals surface area contributed by atoms with Crippen LogP contribution in [0, 0.1) is 13.8 Å². The molecule has 0 aliphatic carbocycles. The van der Waals surface area contributed by atoms with Gasteiger partial charge in [-0.15, -0.1) is 11.3 Å². The fourth-order valence-corrected chi connectivity index (χ4v) is 4.77. The first-order valence-corrected chi connectivity index (χ1v) is 10.5.